The molecule has 1 aromatic carbocycles. The Hall–Kier alpha value is -2.35. The van der Waals surface area contributed by atoms with Crippen LogP contribution < -0.4 is 15.0 Å². The molecule has 134 valence electrons. The lowest BCUT2D eigenvalue weighted by Crippen LogP contribution is -2.33. The van der Waals surface area contributed by atoms with Gasteiger partial charge in [0.05, 0.1) is 18.6 Å². The number of aryl methyl sites for hydroxylation is 1. The second-order valence-electron chi connectivity index (χ2n) is 6.22. The zero-order valence-electron chi connectivity index (χ0n) is 14.6. The number of aromatic nitrogens is 2. The first-order valence-corrected chi connectivity index (χ1v) is 9.88. The first-order valence-electron chi connectivity index (χ1n) is 8.06. The van der Waals surface area contributed by atoms with E-state index >= 15 is 0 Å². The maximum atomic E-state index is 11.7. The Morgan fingerprint density at radius 3 is 2.76 bits per heavy atom. The maximum absolute atomic E-state index is 11.7. The Kier molecular flexibility index (Phi) is 4.80. The van der Waals surface area contributed by atoms with Crippen LogP contribution in [0.3, 0.4) is 0 Å². The van der Waals surface area contributed by atoms with Gasteiger partial charge in [0.25, 0.3) is 0 Å². The van der Waals surface area contributed by atoms with E-state index in [9.17, 15) is 8.42 Å². The molecule has 7 nitrogen and oxygen atoms in total. The average molecular weight is 362 g/mol. The molecule has 3 rings (SSSR count). The Morgan fingerprint density at radius 2 is 2.08 bits per heavy atom. The molecule has 1 aliphatic heterocycles. The van der Waals surface area contributed by atoms with Crippen LogP contribution in [0.5, 0.6) is 5.75 Å². The maximum Gasteiger partial charge on any atom is 0.229 e. The van der Waals surface area contributed by atoms with Crippen molar-refractivity contribution in [1.82, 2.24) is 9.97 Å². The predicted octanol–water partition coefficient (Wildman–Crippen LogP) is 2.16. The van der Waals surface area contributed by atoms with Crippen LogP contribution in [0, 0.1) is 6.92 Å². The standard InChI is InChI=1S/C17H22N4O3S/c1-12-9-16(21(2)14-7-8-25(22,23)11-14)20-17(18-12)19-13-5-4-6-15(10-13)24-3/h4-6,9-10,14H,7-8,11H2,1-3H3,(H,18,19,20). The van der Waals surface area contributed by atoms with E-state index in [0.717, 1.165) is 17.1 Å². The molecule has 1 N–H and O–H groups in total. The van der Waals surface area contributed by atoms with E-state index in [0.29, 0.717) is 18.2 Å². The lowest BCUT2D eigenvalue weighted by Gasteiger charge is -2.25. The Balaban J connectivity index is 1.82. The van der Waals surface area contributed by atoms with Gasteiger partial charge < -0.3 is 15.0 Å². The van der Waals surface area contributed by atoms with Crippen molar-refractivity contribution in [2.45, 2.75) is 19.4 Å². The summed E-state index contributed by atoms with van der Waals surface area (Å²) in [7, 11) is 0.554. The molecule has 0 bridgehead atoms. The van der Waals surface area contributed by atoms with Crippen LogP contribution in [0.2, 0.25) is 0 Å². The van der Waals surface area contributed by atoms with Crippen molar-refractivity contribution >= 4 is 27.3 Å². The lowest BCUT2D eigenvalue weighted by molar-refractivity contribution is 0.415. The number of nitrogens with one attached hydrogen (secondary N) is 1. The molecule has 1 atom stereocenters. The van der Waals surface area contributed by atoms with Crippen molar-refractivity contribution in [2.24, 2.45) is 0 Å². The highest BCUT2D eigenvalue weighted by Crippen LogP contribution is 2.24. The fourth-order valence-corrected chi connectivity index (χ4v) is 4.66. The minimum atomic E-state index is -2.94. The van der Waals surface area contributed by atoms with Gasteiger partial charge in [0.2, 0.25) is 5.95 Å². The van der Waals surface area contributed by atoms with Crippen LogP contribution in [0.4, 0.5) is 17.5 Å². The van der Waals surface area contributed by atoms with Crippen molar-refractivity contribution < 1.29 is 13.2 Å². The lowest BCUT2D eigenvalue weighted by atomic mass is 10.2. The molecule has 0 radical (unpaired) electrons. The number of anilines is 3. The van der Waals surface area contributed by atoms with Crippen molar-refractivity contribution in [3.8, 4) is 5.75 Å². The summed E-state index contributed by atoms with van der Waals surface area (Å²) in [6, 6.07) is 9.32. The molecule has 8 heteroatoms. The molecule has 0 saturated carbocycles. The average Bonchev–Trinajstić information content (AvgIpc) is 2.93. The van der Waals surface area contributed by atoms with Crippen LogP contribution in [-0.2, 0) is 9.84 Å². The van der Waals surface area contributed by atoms with Crippen molar-refractivity contribution in [3.63, 3.8) is 0 Å². The van der Waals surface area contributed by atoms with Gasteiger partial charge >= 0.3 is 0 Å². The number of methoxy groups -OCH3 is 1. The normalized spacial score (nSPS) is 18.8. The van der Waals surface area contributed by atoms with Gasteiger partial charge in [-0.05, 0) is 25.5 Å². The first-order chi connectivity index (χ1) is 11.9. The number of rotatable bonds is 5. The van der Waals surface area contributed by atoms with Gasteiger partial charge in [-0.25, -0.2) is 13.4 Å². The van der Waals surface area contributed by atoms with E-state index < -0.39 is 9.84 Å². The van der Waals surface area contributed by atoms with E-state index in [2.05, 4.69) is 15.3 Å². The fraction of sp³-hybridized carbons (Fsp3) is 0.412. The molecule has 1 aromatic heterocycles. The third-order valence-electron chi connectivity index (χ3n) is 4.28. The van der Waals surface area contributed by atoms with Crippen molar-refractivity contribution in [1.29, 1.82) is 0 Å². The summed E-state index contributed by atoms with van der Waals surface area (Å²) in [6.07, 6.45) is 0.626. The van der Waals surface area contributed by atoms with Gasteiger partial charge in [-0.2, -0.15) is 4.98 Å². The minimum Gasteiger partial charge on any atom is -0.497 e. The Labute approximate surface area is 148 Å². The predicted molar refractivity (Wildman–Crippen MR) is 98.5 cm³/mol. The van der Waals surface area contributed by atoms with Crippen LogP contribution in [-0.4, -0.2) is 50.1 Å². The SMILES string of the molecule is COc1cccc(Nc2nc(C)cc(N(C)C3CCS(=O)(=O)C3)n2)c1. The van der Waals surface area contributed by atoms with E-state index in [4.69, 9.17) is 4.74 Å². The molecule has 1 saturated heterocycles. The summed E-state index contributed by atoms with van der Waals surface area (Å²) in [5.41, 5.74) is 1.63. The van der Waals surface area contributed by atoms with Gasteiger partial charge in [0, 0.05) is 36.6 Å². The van der Waals surface area contributed by atoms with Gasteiger partial charge in [-0.3, -0.25) is 0 Å². The largest absolute Gasteiger partial charge is 0.497 e. The van der Waals surface area contributed by atoms with Gasteiger partial charge in [0.15, 0.2) is 9.84 Å². The van der Waals surface area contributed by atoms with Crippen LogP contribution in [0.15, 0.2) is 30.3 Å². The van der Waals surface area contributed by atoms with E-state index in [1.165, 1.54) is 0 Å². The fourth-order valence-electron chi connectivity index (χ4n) is 2.89. The molecule has 0 amide bonds. The van der Waals surface area contributed by atoms with Gasteiger partial charge in [-0.1, -0.05) is 6.07 Å². The quantitative estimate of drug-likeness (QED) is 0.872. The second-order valence-corrected chi connectivity index (χ2v) is 8.44. The van der Waals surface area contributed by atoms with Crippen molar-refractivity contribution in [2.75, 3.05) is 35.9 Å². The number of benzene rings is 1. The Morgan fingerprint density at radius 1 is 1.28 bits per heavy atom. The van der Waals surface area contributed by atoms with Crippen molar-refractivity contribution in [3.05, 3.63) is 36.0 Å². The molecule has 0 aliphatic carbocycles. The topological polar surface area (TPSA) is 84.4 Å². The zero-order chi connectivity index (χ0) is 18.0. The highest BCUT2D eigenvalue weighted by molar-refractivity contribution is 7.91. The second kappa shape index (κ2) is 6.87. The summed E-state index contributed by atoms with van der Waals surface area (Å²) in [5, 5.41) is 3.17. The summed E-state index contributed by atoms with van der Waals surface area (Å²) in [6.45, 7) is 1.89. The van der Waals surface area contributed by atoms with E-state index in [1.807, 2.05) is 49.2 Å². The Bertz CT molecular complexity index is 870. The molecule has 2 heterocycles. The highest BCUT2D eigenvalue weighted by Gasteiger charge is 2.31. The number of sulfone groups is 1. The first kappa shape index (κ1) is 17.5. The van der Waals surface area contributed by atoms with Crippen LogP contribution >= 0.6 is 0 Å². The molecule has 25 heavy (non-hydrogen) atoms. The van der Waals surface area contributed by atoms with E-state index in [-0.39, 0.29) is 17.5 Å². The highest BCUT2D eigenvalue weighted by atomic mass is 32.2. The van der Waals surface area contributed by atoms with Crippen LogP contribution in [0.1, 0.15) is 12.1 Å². The molecule has 2 aromatic rings. The molecular formula is C17H22N4O3S. The molecule has 1 aliphatic rings. The molecular weight excluding hydrogens is 340 g/mol. The van der Waals surface area contributed by atoms with Gasteiger partial charge in [0.1, 0.15) is 11.6 Å². The molecule has 0 spiro atoms. The summed E-state index contributed by atoms with van der Waals surface area (Å²) >= 11 is 0. The third kappa shape index (κ3) is 4.19. The third-order valence-corrected chi connectivity index (χ3v) is 6.03. The summed E-state index contributed by atoms with van der Waals surface area (Å²) < 4.78 is 28.7. The van der Waals surface area contributed by atoms with Gasteiger partial charge in [-0.15, -0.1) is 0 Å². The monoisotopic (exact) mass is 362 g/mol. The molecule has 1 fully saturated rings. The minimum absolute atomic E-state index is 0.0519. The molecule has 1 unspecified atom stereocenters. The summed E-state index contributed by atoms with van der Waals surface area (Å²) in [5.74, 6) is 2.33. The number of ether oxygens (including phenoxy) is 1. The number of hydrogen-bond acceptors (Lipinski definition) is 7. The van der Waals surface area contributed by atoms with E-state index in [1.54, 1.807) is 7.11 Å². The number of nitrogens with zero attached hydrogens (tertiary/aromatic N) is 3. The summed E-state index contributed by atoms with van der Waals surface area (Å²) in [4.78, 5) is 10.9. The number of hydrogen-bond donors (Lipinski definition) is 1. The zero-order valence-corrected chi connectivity index (χ0v) is 15.4. The smallest absolute Gasteiger partial charge is 0.229 e. The van der Waals surface area contributed by atoms with Crippen LogP contribution in [0.25, 0.3) is 0 Å².